The molecule has 0 amide bonds. The average molecular weight is 968 g/mol. The largest absolute Gasteiger partial charge is 0.462 e. The van der Waals surface area contributed by atoms with Crippen LogP contribution in [0.25, 0.3) is 0 Å². The van der Waals surface area contributed by atoms with Crippen LogP contribution in [0.1, 0.15) is 316 Å². The lowest BCUT2D eigenvalue weighted by atomic mass is 10.0. The van der Waals surface area contributed by atoms with Gasteiger partial charge in [0, 0.05) is 19.3 Å². The first-order chi connectivity index (χ1) is 34.0. The molecule has 6 nitrogen and oxygen atoms in total. The van der Waals surface area contributed by atoms with Crippen LogP contribution in [0.3, 0.4) is 0 Å². The molecule has 1 unspecified atom stereocenters. The topological polar surface area (TPSA) is 78.9 Å². The Hall–Kier alpha value is -2.63. The minimum absolute atomic E-state index is 0.0768. The van der Waals surface area contributed by atoms with Gasteiger partial charge in [0.05, 0.1) is 0 Å². The van der Waals surface area contributed by atoms with E-state index in [0.29, 0.717) is 19.3 Å². The molecule has 0 aliphatic carbocycles. The first-order valence-electron chi connectivity index (χ1n) is 30.1. The third-order valence-electron chi connectivity index (χ3n) is 13.3. The Bertz CT molecular complexity index is 1200. The fourth-order valence-corrected chi connectivity index (χ4v) is 8.74. The number of esters is 3. The second-order valence-electron chi connectivity index (χ2n) is 20.3. The molecule has 0 saturated heterocycles. The Morgan fingerprint density at radius 1 is 0.290 bits per heavy atom. The molecule has 0 aromatic heterocycles. The molecule has 0 fully saturated rings. The molecular formula is C63H114O6. The third-order valence-corrected chi connectivity index (χ3v) is 13.3. The number of hydrogen-bond acceptors (Lipinski definition) is 6. The highest BCUT2D eigenvalue weighted by molar-refractivity contribution is 5.71. The van der Waals surface area contributed by atoms with Crippen LogP contribution >= 0.6 is 0 Å². The summed E-state index contributed by atoms with van der Waals surface area (Å²) < 4.78 is 16.9. The van der Waals surface area contributed by atoms with Crippen molar-refractivity contribution < 1.29 is 28.6 Å². The number of unbranched alkanes of at least 4 members (excludes halogenated alkanes) is 36. The molecule has 6 heteroatoms. The summed E-state index contributed by atoms with van der Waals surface area (Å²) in [5, 5.41) is 0. The molecule has 0 N–H and O–H groups in total. The molecule has 0 aliphatic rings. The lowest BCUT2D eigenvalue weighted by Gasteiger charge is -2.18. The van der Waals surface area contributed by atoms with E-state index in [4.69, 9.17) is 14.2 Å². The van der Waals surface area contributed by atoms with Crippen LogP contribution in [0, 0.1) is 0 Å². The molecule has 0 aromatic rings. The Morgan fingerprint density at radius 3 is 0.826 bits per heavy atom. The van der Waals surface area contributed by atoms with E-state index in [-0.39, 0.29) is 31.1 Å². The summed E-state index contributed by atoms with van der Waals surface area (Å²) >= 11 is 0. The van der Waals surface area contributed by atoms with E-state index in [1.54, 1.807) is 0 Å². The van der Waals surface area contributed by atoms with E-state index in [1.165, 1.54) is 193 Å². The van der Waals surface area contributed by atoms with Gasteiger partial charge in [0.25, 0.3) is 0 Å². The van der Waals surface area contributed by atoms with Gasteiger partial charge in [-0.15, -0.1) is 0 Å². The zero-order chi connectivity index (χ0) is 50.0. The van der Waals surface area contributed by atoms with E-state index in [2.05, 4.69) is 69.4 Å². The molecule has 0 aliphatic heterocycles. The number of rotatable bonds is 55. The molecule has 69 heavy (non-hydrogen) atoms. The lowest BCUT2D eigenvalue weighted by molar-refractivity contribution is -0.167. The monoisotopic (exact) mass is 967 g/mol. The number of carbonyl (C=O) groups is 3. The summed E-state index contributed by atoms with van der Waals surface area (Å²) in [5.41, 5.74) is 0. The molecule has 1 atom stereocenters. The summed E-state index contributed by atoms with van der Waals surface area (Å²) in [5.74, 6) is -0.877. The van der Waals surface area contributed by atoms with Gasteiger partial charge in [-0.1, -0.05) is 262 Å². The molecule has 0 rings (SSSR count). The van der Waals surface area contributed by atoms with Gasteiger partial charge in [0.15, 0.2) is 6.10 Å². The van der Waals surface area contributed by atoms with E-state index >= 15 is 0 Å². The molecule has 0 aromatic carbocycles. The highest BCUT2D eigenvalue weighted by Gasteiger charge is 2.19. The van der Waals surface area contributed by atoms with Gasteiger partial charge in [-0.3, -0.25) is 14.4 Å². The predicted molar refractivity (Wildman–Crippen MR) is 298 cm³/mol. The quantitative estimate of drug-likeness (QED) is 0.0262. The second kappa shape index (κ2) is 57.9. The summed E-state index contributed by atoms with van der Waals surface area (Å²) in [7, 11) is 0. The Kier molecular flexibility index (Phi) is 55.7. The fourth-order valence-electron chi connectivity index (χ4n) is 8.74. The van der Waals surface area contributed by atoms with Crippen molar-refractivity contribution in [3.63, 3.8) is 0 Å². The maximum atomic E-state index is 12.9. The van der Waals surface area contributed by atoms with Crippen molar-refractivity contribution in [3.05, 3.63) is 48.6 Å². The van der Waals surface area contributed by atoms with Crippen molar-refractivity contribution in [1.82, 2.24) is 0 Å². The Morgan fingerprint density at radius 2 is 0.522 bits per heavy atom. The van der Waals surface area contributed by atoms with Crippen LogP contribution in [0.15, 0.2) is 48.6 Å². The summed E-state index contributed by atoms with van der Waals surface area (Å²) in [4.78, 5) is 38.2. The second-order valence-corrected chi connectivity index (χ2v) is 20.3. The van der Waals surface area contributed by atoms with Gasteiger partial charge in [-0.05, 0) is 83.5 Å². The van der Waals surface area contributed by atoms with E-state index < -0.39 is 6.10 Å². The van der Waals surface area contributed by atoms with Gasteiger partial charge < -0.3 is 14.2 Å². The van der Waals surface area contributed by atoms with Crippen LogP contribution in [0.4, 0.5) is 0 Å². The highest BCUT2D eigenvalue weighted by Crippen LogP contribution is 2.17. The summed E-state index contributed by atoms with van der Waals surface area (Å²) in [6, 6.07) is 0. The van der Waals surface area contributed by atoms with Crippen molar-refractivity contribution in [2.75, 3.05) is 13.2 Å². The Balaban J connectivity index is 4.36. The van der Waals surface area contributed by atoms with Crippen LogP contribution in [-0.4, -0.2) is 37.2 Å². The zero-order valence-corrected chi connectivity index (χ0v) is 46.1. The van der Waals surface area contributed by atoms with E-state index in [0.717, 1.165) is 83.5 Å². The van der Waals surface area contributed by atoms with Crippen LogP contribution in [0.2, 0.25) is 0 Å². The standard InChI is InChI=1S/C63H114O6/c1-4-7-10-13-16-19-22-25-28-30-31-33-35-38-41-44-47-50-53-56-62(65)68-59-60(58-67-61(64)55-52-49-46-43-40-37-34-27-24-21-18-15-12-9-6-3)69-63(66)57-54-51-48-45-42-39-36-32-29-26-23-20-17-14-11-8-5-2/h16,18-19,21,25,27-28,34,60H,4-15,17,20,22-24,26,29-33,35-59H2,1-3H3/b19-16-,21-18-,28-25-,34-27-. The molecule has 0 bridgehead atoms. The highest BCUT2D eigenvalue weighted by atomic mass is 16.6. The van der Waals surface area contributed by atoms with E-state index in [9.17, 15) is 14.4 Å². The first-order valence-corrected chi connectivity index (χ1v) is 30.1. The summed E-state index contributed by atoms with van der Waals surface area (Å²) in [6.45, 7) is 6.62. The molecule has 0 spiro atoms. The molecule has 402 valence electrons. The minimum Gasteiger partial charge on any atom is -0.462 e. The predicted octanol–water partition coefficient (Wildman–Crippen LogP) is 20.2. The molecule has 0 radical (unpaired) electrons. The maximum Gasteiger partial charge on any atom is 0.306 e. The van der Waals surface area contributed by atoms with Crippen molar-refractivity contribution in [2.45, 2.75) is 322 Å². The fraction of sp³-hybridized carbons (Fsp3) is 0.825. The number of ether oxygens (including phenoxy) is 3. The number of hydrogen-bond donors (Lipinski definition) is 0. The lowest BCUT2D eigenvalue weighted by Crippen LogP contribution is -2.30. The average Bonchev–Trinajstić information content (AvgIpc) is 3.35. The van der Waals surface area contributed by atoms with Gasteiger partial charge in [-0.2, -0.15) is 0 Å². The molecular weight excluding hydrogens is 853 g/mol. The van der Waals surface area contributed by atoms with Crippen LogP contribution in [-0.2, 0) is 28.6 Å². The SMILES string of the molecule is CCCCC/C=C\C/C=C\CCCCCCCCCCCC(=O)OCC(COC(=O)CCCCCCC/C=C\C/C=C\CCCCC)OC(=O)CCCCCCCCCCCCCCCCCCC. The van der Waals surface area contributed by atoms with Crippen molar-refractivity contribution in [3.8, 4) is 0 Å². The minimum atomic E-state index is -0.779. The molecule has 0 heterocycles. The number of carbonyl (C=O) groups excluding carboxylic acids is 3. The van der Waals surface area contributed by atoms with Gasteiger partial charge >= 0.3 is 17.9 Å². The summed E-state index contributed by atoms with van der Waals surface area (Å²) in [6.07, 6.45) is 71.0. The van der Waals surface area contributed by atoms with Gasteiger partial charge in [0.2, 0.25) is 0 Å². The smallest absolute Gasteiger partial charge is 0.306 e. The maximum absolute atomic E-state index is 12.9. The van der Waals surface area contributed by atoms with Crippen molar-refractivity contribution in [1.29, 1.82) is 0 Å². The van der Waals surface area contributed by atoms with Crippen LogP contribution < -0.4 is 0 Å². The zero-order valence-electron chi connectivity index (χ0n) is 46.1. The first kappa shape index (κ1) is 66.4. The van der Waals surface area contributed by atoms with Gasteiger partial charge in [-0.25, -0.2) is 0 Å². The number of allylic oxidation sites excluding steroid dienone is 8. The third kappa shape index (κ3) is 56.2. The van der Waals surface area contributed by atoms with Crippen molar-refractivity contribution >= 4 is 17.9 Å². The normalized spacial score (nSPS) is 12.3. The Labute approximate surface area is 428 Å². The molecule has 0 saturated carbocycles. The van der Waals surface area contributed by atoms with Crippen LogP contribution in [0.5, 0.6) is 0 Å². The van der Waals surface area contributed by atoms with Crippen molar-refractivity contribution in [2.24, 2.45) is 0 Å². The van der Waals surface area contributed by atoms with Gasteiger partial charge in [0.1, 0.15) is 13.2 Å². The van der Waals surface area contributed by atoms with E-state index in [1.807, 2.05) is 0 Å².